The van der Waals surface area contributed by atoms with Gasteiger partial charge in [0, 0.05) is 29.5 Å². The number of hydrogen-bond donors (Lipinski definition) is 3. The number of carboxylic acids is 1. The first-order valence-corrected chi connectivity index (χ1v) is 12.8. The average molecular weight is 473 g/mol. The summed E-state index contributed by atoms with van der Waals surface area (Å²) in [5.74, 6) is -1.35. The molecular formula is C23H24N2O5S2. The molecular weight excluding hydrogens is 448 g/mol. The van der Waals surface area contributed by atoms with Gasteiger partial charge in [0.2, 0.25) is 0 Å². The zero-order valence-electron chi connectivity index (χ0n) is 17.3. The third-order valence-corrected chi connectivity index (χ3v) is 7.84. The van der Waals surface area contributed by atoms with Gasteiger partial charge in [-0.1, -0.05) is 24.3 Å². The molecule has 0 aliphatic carbocycles. The lowest BCUT2D eigenvalue weighted by molar-refractivity contribution is -0.133. The normalized spacial score (nSPS) is 14.4. The smallest absolute Gasteiger partial charge is 0.313 e. The summed E-state index contributed by atoms with van der Waals surface area (Å²) in [4.78, 5) is 13.7. The minimum absolute atomic E-state index is 0.0688. The van der Waals surface area contributed by atoms with Gasteiger partial charge < -0.3 is 15.1 Å². The number of anilines is 2. The number of nitrogens with one attached hydrogen (secondary N) is 1. The first kappa shape index (κ1) is 22.3. The van der Waals surface area contributed by atoms with Gasteiger partial charge in [0.25, 0.3) is 10.0 Å². The summed E-state index contributed by atoms with van der Waals surface area (Å²) in [5.41, 5.74) is 1.29. The van der Waals surface area contributed by atoms with Crippen LogP contribution in [0.1, 0.15) is 19.3 Å². The molecule has 3 N–H and O–H groups in total. The van der Waals surface area contributed by atoms with E-state index in [9.17, 15) is 18.3 Å². The molecule has 0 saturated carbocycles. The summed E-state index contributed by atoms with van der Waals surface area (Å²) in [5, 5.41) is 20.5. The standard InChI is InChI=1S/C23H24N2O5S2/c26-22(27)15-31-21-14-20(18-6-2-3-7-19(18)23(21)28)24-32(29,30)17-10-8-16(9-11-17)25-12-4-1-5-13-25/h2-3,6-11,14,24,28H,1,4-5,12-13,15H2,(H,26,27). The van der Waals surface area contributed by atoms with Crippen molar-refractivity contribution >= 4 is 49.9 Å². The van der Waals surface area contributed by atoms with Gasteiger partial charge in [-0.15, -0.1) is 11.8 Å². The van der Waals surface area contributed by atoms with Crippen LogP contribution < -0.4 is 9.62 Å². The van der Waals surface area contributed by atoms with E-state index in [2.05, 4.69) is 9.62 Å². The van der Waals surface area contributed by atoms with Crippen LogP contribution >= 0.6 is 11.8 Å². The van der Waals surface area contributed by atoms with E-state index in [1.807, 2.05) is 12.1 Å². The van der Waals surface area contributed by atoms with Gasteiger partial charge in [-0.05, 0) is 49.6 Å². The predicted molar refractivity (Wildman–Crippen MR) is 127 cm³/mol. The molecule has 3 aromatic rings. The fourth-order valence-corrected chi connectivity index (χ4v) is 5.66. The van der Waals surface area contributed by atoms with Crippen molar-refractivity contribution in [2.75, 3.05) is 28.5 Å². The van der Waals surface area contributed by atoms with Gasteiger partial charge in [-0.3, -0.25) is 9.52 Å². The van der Waals surface area contributed by atoms with Gasteiger partial charge in [-0.25, -0.2) is 8.42 Å². The Hall–Kier alpha value is -2.91. The molecule has 3 aromatic carbocycles. The zero-order chi connectivity index (χ0) is 22.7. The number of aliphatic carboxylic acids is 1. The van der Waals surface area contributed by atoms with E-state index >= 15 is 0 Å². The molecule has 0 unspecified atom stereocenters. The summed E-state index contributed by atoms with van der Waals surface area (Å²) in [6.07, 6.45) is 3.50. The van der Waals surface area contributed by atoms with Crippen molar-refractivity contribution in [3.63, 3.8) is 0 Å². The van der Waals surface area contributed by atoms with Crippen LogP contribution in [0.4, 0.5) is 11.4 Å². The van der Waals surface area contributed by atoms with Crippen molar-refractivity contribution in [3.05, 3.63) is 54.6 Å². The van der Waals surface area contributed by atoms with E-state index in [1.165, 1.54) is 12.5 Å². The second-order valence-electron chi connectivity index (χ2n) is 7.65. The van der Waals surface area contributed by atoms with Gasteiger partial charge in [-0.2, -0.15) is 0 Å². The molecule has 1 saturated heterocycles. The second-order valence-corrected chi connectivity index (χ2v) is 10.3. The summed E-state index contributed by atoms with van der Waals surface area (Å²) in [7, 11) is -3.89. The molecule has 0 bridgehead atoms. The SMILES string of the molecule is O=C(O)CSc1cc(NS(=O)(=O)c2ccc(N3CCCCC3)cc2)c2ccccc2c1O. The van der Waals surface area contributed by atoms with Crippen LogP contribution in [0.2, 0.25) is 0 Å². The van der Waals surface area contributed by atoms with E-state index in [0.717, 1.165) is 43.4 Å². The number of benzene rings is 3. The lowest BCUT2D eigenvalue weighted by atomic mass is 10.1. The van der Waals surface area contributed by atoms with Crippen molar-refractivity contribution in [2.24, 2.45) is 0 Å². The van der Waals surface area contributed by atoms with Crippen LogP contribution in [-0.4, -0.2) is 43.4 Å². The molecule has 1 aliphatic heterocycles. The van der Waals surface area contributed by atoms with Crippen molar-refractivity contribution < 1.29 is 23.4 Å². The van der Waals surface area contributed by atoms with E-state index in [-0.39, 0.29) is 22.1 Å². The number of rotatable bonds is 7. The number of carbonyl (C=O) groups is 1. The highest BCUT2D eigenvalue weighted by Crippen LogP contribution is 2.40. The van der Waals surface area contributed by atoms with Crippen LogP contribution in [0.15, 0.2) is 64.4 Å². The lowest BCUT2D eigenvalue weighted by Gasteiger charge is -2.28. The number of aromatic hydroxyl groups is 1. The fourth-order valence-electron chi connectivity index (χ4n) is 3.86. The largest absolute Gasteiger partial charge is 0.506 e. The molecule has 0 atom stereocenters. The van der Waals surface area contributed by atoms with Crippen LogP contribution in [0.5, 0.6) is 5.75 Å². The first-order chi connectivity index (χ1) is 15.3. The Kier molecular flexibility index (Phi) is 6.48. The quantitative estimate of drug-likeness (QED) is 0.343. The van der Waals surface area contributed by atoms with Crippen LogP contribution in [0.25, 0.3) is 10.8 Å². The number of fused-ring (bicyclic) bond motifs is 1. The fraction of sp³-hybridized carbons (Fsp3) is 0.261. The molecule has 7 nitrogen and oxygen atoms in total. The number of nitrogens with zero attached hydrogens (tertiary/aromatic N) is 1. The molecule has 1 fully saturated rings. The number of hydrogen-bond acceptors (Lipinski definition) is 6. The Bertz CT molecular complexity index is 1240. The second kappa shape index (κ2) is 9.30. The van der Waals surface area contributed by atoms with E-state index in [1.54, 1.807) is 36.4 Å². The predicted octanol–water partition coefficient (Wildman–Crippen LogP) is 4.51. The summed E-state index contributed by atoms with van der Waals surface area (Å²) in [6.45, 7) is 1.95. The van der Waals surface area contributed by atoms with Crippen molar-refractivity contribution in [3.8, 4) is 5.75 Å². The highest BCUT2D eigenvalue weighted by molar-refractivity contribution is 8.00. The van der Waals surface area contributed by atoms with Gasteiger partial charge >= 0.3 is 5.97 Å². The zero-order valence-corrected chi connectivity index (χ0v) is 19.0. The molecule has 4 rings (SSSR count). The third-order valence-electron chi connectivity index (χ3n) is 5.44. The third kappa shape index (κ3) is 4.78. The maximum atomic E-state index is 13.1. The Morgan fingerprint density at radius 1 is 1.00 bits per heavy atom. The van der Waals surface area contributed by atoms with Crippen LogP contribution in [0, 0.1) is 0 Å². The monoisotopic (exact) mass is 472 g/mol. The van der Waals surface area contributed by atoms with Gasteiger partial charge in [0.05, 0.1) is 21.2 Å². The van der Waals surface area contributed by atoms with Crippen molar-refractivity contribution in [1.29, 1.82) is 0 Å². The minimum Gasteiger partial charge on any atom is -0.506 e. The molecule has 0 amide bonds. The van der Waals surface area contributed by atoms with Gasteiger partial charge in [0.1, 0.15) is 5.75 Å². The Labute approximate surface area is 191 Å². The summed E-state index contributed by atoms with van der Waals surface area (Å²) in [6, 6.07) is 15.2. The number of carboxylic acid groups (broad SMARTS) is 1. The van der Waals surface area contributed by atoms with Crippen molar-refractivity contribution in [2.45, 2.75) is 29.1 Å². The van der Waals surface area contributed by atoms with E-state index in [4.69, 9.17) is 5.11 Å². The number of thioether (sulfide) groups is 1. The maximum absolute atomic E-state index is 13.1. The minimum atomic E-state index is -3.89. The highest BCUT2D eigenvalue weighted by atomic mass is 32.2. The molecule has 9 heteroatoms. The average Bonchev–Trinajstić information content (AvgIpc) is 2.80. The van der Waals surface area contributed by atoms with Crippen LogP contribution in [0.3, 0.4) is 0 Å². The number of phenolic OH excluding ortho intramolecular Hbond substituents is 1. The highest BCUT2D eigenvalue weighted by Gasteiger charge is 2.20. The molecule has 32 heavy (non-hydrogen) atoms. The molecule has 1 aliphatic rings. The molecule has 1 heterocycles. The maximum Gasteiger partial charge on any atom is 0.313 e. The Balaban J connectivity index is 1.65. The van der Waals surface area contributed by atoms with Gasteiger partial charge in [0.15, 0.2) is 0 Å². The van der Waals surface area contributed by atoms with Crippen molar-refractivity contribution in [1.82, 2.24) is 0 Å². The molecule has 0 aromatic heterocycles. The topological polar surface area (TPSA) is 107 Å². The Morgan fingerprint density at radius 2 is 1.66 bits per heavy atom. The number of sulfonamides is 1. The number of phenols is 1. The molecule has 168 valence electrons. The molecule has 0 radical (unpaired) electrons. The van der Waals surface area contributed by atoms with Crippen LogP contribution in [-0.2, 0) is 14.8 Å². The lowest BCUT2D eigenvalue weighted by Crippen LogP contribution is -2.29. The number of piperidine rings is 1. The summed E-state index contributed by atoms with van der Waals surface area (Å²) < 4.78 is 28.8. The van der Waals surface area contributed by atoms with E-state index in [0.29, 0.717) is 15.7 Å². The Morgan fingerprint density at radius 3 is 2.31 bits per heavy atom. The van der Waals surface area contributed by atoms with E-state index < -0.39 is 16.0 Å². The molecule has 0 spiro atoms. The summed E-state index contributed by atoms with van der Waals surface area (Å²) >= 11 is 0.934. The first-order valence-electron chi connectivity index (χ1n) is 10.3.